The summed E-state index contributed by atoms with van der Waals surface area (Å²) in [5.74, 6) is 2.54. The number of amides is 1. The third-order valence-electron chi connectivity index (χ3n) is 5.50. The van der Waals surface area contributed by atoms with E-state index in [0.29, 0.717) is 40.5 Å². The summed E-state index contributed by atoms with van der Waals surface area (Å²) in [6.45, 7) is 4.36. The van der Waals surface area contributed by atoms with Crippen LogP contribution in [0.2, 0.25) is 0 Å². The molecule has 32 heavy (non-hydrogen) atoms. The maximum Gasteiger partial charge on any atom is 0.230 e. The average Bonchev–Trinajstić information content (AvgIpc) is 3.02. The largest absolute Gasteiger partial charge is 0.493 e. The highest BCUT2D eigenvalue weighted by molar-refractivity contribution is 7.99. The van der Waals surface area contributed by atoms with Gasteiger partial charge in [0.15, 0.2) is 22.5 Å². The minimum Gasteiger partial charge on any atom is -0.493 e. The minimum absolute atomic E-state index is 0.0318. The highest BCUT2D eigenvalue weighted by Crippen LogP contribution is 2.41. The van der Waals surface area contributed by atoms with E-state index in [0.717, 1.165) is 18.4 Å². The zero-order valence-corrected chi connectivity index (χ0v) is 19.9. The summed E-state index contributed by atoms with van der Waals surface area (Å²) in [7, 11) is 4.71. The molecule has 1 aromatic carbocycles. The van der Waals surface area contributed by atoms with Crippen molar-refractivity contribution < 1.29 is 19.0 Å². The van der Waals surface area contributed by atoms with Crippen molar-refractivity contribution in [1.82, 2.24) is 20.1 Å². The highest BCUT2D eigenvalue weighted by Gasteiger charge is 2.20. The molecular formula is C23H32N4O4S. The van der Waals surface area contributed by atoms with E-state index >= 15 is 0 Å². The fraction of sp³-hybridized carbons (Fsp3) is 0.522. The van der Waals surface area contributed by atoms with Crippen LogP contribution in [0, 0.1) is 0 Å². The van der Waals surface area contributed by atoms with Gasteiger partial charge in [-0.2, -0.15) is 0 Å². The maximum atomic E-state index is 12.5. The molecule has 1 aliphatic rings. The SMILES string of the molecule is C=CCn1c(SCC(=O)NC2CCCCCC2)nnc1-c1cc(OC)c(OC)c(OC)c1. The van der Waals surface area contributed by atoms with Crippen LogP contribution in [0.5, 0.6) is 17.2 Å². The number of ether oxygens (including phenoxy) is 3. The van der Waals surface area contributed by atoms with Crippen LogP contribution in [-0.4, -0.2) is 53.8 Å². The van der Waals surface area contributed by atoms with Gasteiger partial charge in [0.2, 0.25) is 11.7 Å². The van der Waals surface area contributed by atoms with Gasteiger partial charge in [0.25, 0.3) is 0 Å². The molecule has 0 atom stereocenters. The molecule has 8 nitrogen and oxygen atoms in total. The number of thioether (sulfide) groups is 1. The van der Waals surface area contributed by atoms with Gasteiger partial charge in [-0.15, -0.1) is 16.8 Å². The number of rotatable bonds is 10. The standard InChI is InChI=1S/C23H32N4O4S/c1-5-12-27-22(16-13-18(29-2)21(31-4)19(14-16)30-3)25-26-23(27)32-15-20(28)24-17-10-8-6-7-9-11-17/h5,13-14,17H,1,6-12,15H2,2-4H3,(H,24,28). The number of nitrogens with zero attached hydrogens (tertiary/aromatic N) is 3. The van der Waals surface area contributed by atoms with Crippen LogP contribution < -0.4 is 19.5 Å². The summed E-state index contributed by atoms with van der Waals surface area (Å²) in [5, 5.41) is 12.5. The van der Waals surface area contributed by atoms with Crippen molar-refractivity contribution in [1.29, 1.82) is 0 Å². The number of hydrogen-bond donors (Lipinski definition) is 1. The van der Waals surface area contributed by atoms with Crippen molar-refractivity contribution in [3.05, 3.63) is 24.8 Å². The van der Waals surface area contributed by atoms with Crippen LogP contribution in [0.1, 0.15) is 38.5 Å². The Morgan fingerprint density at radius 3 is 2.34 bits per heavy atom. The van der Waals surface area contributed by atoms with Gasteiger partial charge in [-0.3, -0.25) is 9.36 Å². The lowest BCUT2D eigenvalue weighted by molar-refractivity contribution is -0.119. The second kappa shape index (κ2) is 11.8. The summed E-state index contributed by atoms with van der Waals surface area (Å²) < 4.78 is 18.3. The maximum absolute atomic E-state index is 12.5. The lowest BCUT2D eigenvalue weighted by Crippen LogP contribution is -2.35. The van der Waals surface area contributed by atoms with Crippen molar-refractivity contribution in [2.24, 2.45) is 0 Å². The second-order valence-corrected chi connectivity index (χ2v) is 8.61. The first-order valence-electron chi connectivity index (χ1n) is 10.9. The molecule has 0 saturated heterocycles. The Morgan fingerprint density at radius 2 is 1.78 bits per heavy atom. The Morgan fingerprint density at radius 1 is 1.12 bits per heavy atom. The van der Waals surface area contributed by atoms with Gasteiger partial charge in [0.1, 0.15) is 0 Å². The van der Waals surface area contributed by atoms with E-state index in [9.17, 15) is 4.79 Å². The van der Waals surface area contributed by atoms with Crippen LogP contribution in [0.4, 0.5) is 0 Å². The molecule has 0 radical (unpaired) electrons. The topological polar surface area (TPSA) is 87.5 Å². The molecular weight excluding hydrogens is 428 g/mol. The summed E-state index contributed by atoms with van der Waals surface area (Å²) in [6.07, 6.45) is 8.79. The van der Waals surface area contributed by atoms with Crippen molar-refractivity contribution in [3.63, 3.8) is 0 Å². The van der Waals surface area contributed by atoms with E-state index in [1.54, 1.807) is 27.4 Å². The van der Waals surface area contributed by atoms with E-state index < -0.39 is 0 Å². The lowest BCUT2D eigenvalue weighted by atomic mass is 10.1. The van der Waals surface area contributed by atoms with Crippen LogP contribution >= 0.6 is 11.8 Å². The van der Waals surface area contributed by atoms with Crippen LogP contribution in [-0.2, 0) is 11.3 Å². The molecule has 174 valence electrons. The molecule has 1 saturated carbocycles. The van der Waals surface area contributed by atoms with E-state index in [4.69, 9.17) is 14.2 Å². The molecule has 3 rings (SSSR count). The Labute approximate surface area is 193 Å². The van der Waals surface area contributed by atoms with E-state index in [2.05, 4.69) is 22.1 Å². The van der Waals surface area contributed by atoms with Gasteiger partial charge < -0.3 is 19.5 Å². The van der Waals surface area contributed by atoms with E-state index in [1.165, 1.54) is 37.4 Å². The zero-order valence-electron chi connectivity index (χ0n) is 19.1. The summed E-state index contributed by atoms with van der Waals surface area (Å²) in [4.78, 5) is 12.5. The Kier molecular flexibility index (Phi) is 8.84. The van der Waals surface area contributed by atoms with E-state index in [-0.39, 0.29) is 11.9 Å². The highest BCUT2D eigenvalue weighted by atomic mass is 32.2. The fourth-order valence-corrected chi connectivity index (χ4v) is 4.69. The van der Waals surface area contributed by atoms with Gasteiger partial charge in [-0.25, -0.2) is 0 Å². The number of aromatic nitrogens is 3. The average molecular weight is 461 g/mol. The number of allylic oxidation sites excluding steroid dienone is 1. The monoisotopic (exact) mass is 460 g/mol. The molecule has 0 spiro atoms. The third-order valence-corrected chi connectivity index (χ3v) is 6.47. The van der Waals surface area contributed by atoms with Gasteiger partial charge >= 0.3 is 0 Å². The summed E-state index contributed by atoms with van der Waals surface area (Å²) in [5.41, 5.74) is 0.767. The van der Waals surface area contributed by atoms with Crippen molar-refractivity contribution in [3.8, 4) is 28.6 Å². The zero-order chi connectivity index (χ0) is 22.9. The lowest BCUT2D eigenvalue weighted by Gasteiger charge is -2.16. The minimum atomic E-state index is 0.0318. The van der Waals surface area contributed by atoms with Gasteiger partial charge in [-0.05, 0) is 25.0 Å². The molecule has 0 bridgehead atoms. The van der Waals surface area contributed by atoms with Crippen LogP contribution in [0.15, 0.2) is 29.9 Å². The number of hydrogen-bond acceptors (Lipinski definition) is 7. The summed E-state index contributed by atoms with van der Waals surface area (Å²) >= 11 is 1.37. The third kappa shape index (κ3) is 5.76. The van der Waals surface area contributed by atoms with Gasteiger partial charge in [0, 0.05) is 18.2 Å². The quantitative estimate of drug-likeness (QED) is 0.325. The Bertz CT molecular complexity index is 898. The predicted octanol–water partition coefficient (Wildman–Crippen LogP) is 4.09. The van der Waals surface area contributed by atoms with Crippen LogP contribution in [0.3, 0.4) is 0 Å². The van der Waals surface area contributed by atoms with Gasteiger partial charge in [0.05, 0.1) is 27.1 Å². The van der Waals surface area contributed by atoms with Crippen molar-refractivity contribution in [2.45, 2.75) is 56.3 Å². The number of carbonyl (C=O) groups excluding carboxylic acids is 1. The molecule has 2 aromatic rings. The van der Waals surface area contributed by atoms with Crippen molar-refractivity contribution >= 4 is 17.7 Å². The van der Waals surface area contributed by atoms with Gasteiger partial charge in [-0.1, -0.05) is 43.5 Å². The molecule has 1 heterocycles. The number of benzene rings is 1. The molecule has 0 unspecified atom stereocenters. The normalized spacial score (nSPS) is 14.5. The Balaban J connectivity index is 1.78. The first kappa shape index (κ1) is 24.0. The second-order valence-electron chi connectivity index (χ2n) is 7.66. The van der Waals surface area contributed by atoms with E-state index in [1.807, 2.05) is 16.7 Å². The first-order valence-corrected chi connectivity index (χ1v) is 11.9. The van der Waals surface area contributed by atoms with Crippen LogP contribution in [0.25, 0.3) is 11.4 Å². The Hall–Kier alpha value is -2.68. The molecule has 1 amide bonds. The molecule has 9 heteroatoms. The number of methoxy groups -OCH3 is 3. The van der Waals surface area contributed by atoms with Crippen molar-refractivity contribution in [2.75, 3.05) is 27.1 Å². The molecule has 1 N–H and O–H groups in total. The predicted molar refractivity (Wildman–Crippen MR) is 126 cm³/mol. The number of carbonyl (C=O) groups is 1. The molecule has 1 fully saturated rings. The fourth-order valence-electron chi connectivity index (χ4n) is 3.94. The summed E-state index contributed by atoms with van der Waals surface area (Å²) in [6, 6.07) is 3.95. The first-order chi connectivity index (χ1) is 15.6. The molecule has 1 aliphatic carbocycles. The molecule has 0 aliphatic heterocycles. The smallest absolute Gasteiger partial charge is 0.230 e. The molecule has 1 aromatic heterocycles. The number of nitrogens with one attached hydrogen (secondary N) is 1.